The molecule has 1 amide bonds. The van der Waals surface area contributed by atoms with E-state index in [9.17, 15) is 4.79 Å². The maximum absolute atomic E-state index is 12.8. The van der Waals surface area contributed by atoms with Gasteiger partial charge in [-0.2, -0.15) is 0 Å². The van der Waals surface area contributed by atoms with E-state index in [1.807, 2.05) is 50.2 Å². The first kappa shape index (κ1) is 19.2. The van der Waals surface area contributed by atoms with Gasteiger partial charge in [0, 0.05) is 21.9 Å². The van der Waals surface area contributed by atoms with Crippen molar-refractivity contribution in [2.75, 3.05) is 5.32 Å². The molecule has 0 saturated carbocycles. The number of aryl methyl sites for hydroxylation is 3. The number of aromatic nitrogens is 1. The van der Waals surface area contributed by atoms with E-state index in [-0.39, 0.29) is 5.91 Å². The van der Waals surface area contributed by atoms with E-state index in [4.69, 9.17) is 4.52 Å². The topological polar surface area (TPSA) is 55.1 Å². The largest absolute Gasteiger partial charge is 0.361 e. The number of hydrogen-bond acceptors (Lipinski definition) is 4. The van der Waals surface area contributed by atoms with Crippen LogP contribution in [0.25, 0.3) is 0 Å². The van der Waals surface area contributed by atoms with Crippen LogP contribution in [0.4, 0.5) is 5.69 Å². The molecule has 0 aliphatic carbocycles. The number of anilines is 1. The van der Waals surface area contributed by atoms with Crippen LogP contribution in [0.2, 0.25) is 0 Å². The number of carbonyl (C=O) groups is 1. The zero-order valence-electron chi connectivity index (χ0n) is 15.9. The Bertz CT molecular complexity index is 897. The van der Waals surface area contributed by atoms with E-state index in [2.05, 4.69) is 29.5 Å². The van der Waals surface area contributed by atoms with Crippen LogP contribution in [0.3, 0.4) is 0 Å². The Morgan fingerprint density at radius 3 is 2.52 bits per heavy atom. The lowest BCUT2D eigenvalue weighted by molar-refractivity contribution is 0.102. The Labute approximate surface area is 164 Å². The zero-order chi connectivity index (χ0) is 19.2. The molecule has 1 heterocycles. The van der Waals surface area contributed by atoms with E-state index >= 15 is 0 Å². The molecule has 1 N–H and O–H groups in total. The van der Waals surface area contributed by atoms with E-state index in [0.29, 0.717) is 5.56 Å². The summed E-state index contributed by atoms with van der Waals surface area (Å²) in [5.74, 6) is 1.45. The van der Waals surface area contributed by atoms with Gasteiger partial charge >= 0.3 is 0 Å². The third-order valence-electron chi connectivity index (χ3n) is 4.44. The molecule has 0 aliphatic rings. The quantitative estimate of drug-likeness (QED) is 0.527. The third kappa shape index (κ3) is 4.80. The lowest BCUT2D eigenvalue weighted by atomic mass is 10.1. The summed E-state index contributed by atoms with van der Waals surface area (Å²) in [6.45, 7) is 6.01. The minimum Gasteiger partial charge on any atom is -0.361 e. The second-order valence-electron chi connectivity index (χ2n) is 6.49. The summed E-state index contributed by atoms with van der Waals surface area (Å²) < 4.78 is 5.22. The van der Waals surface area contributed by atoms with Crippen LogP contribution >= 0.6 is 11.8 Å². The molecule has 0 unspecified atom stereocenters. The molecule has 5 heteroatoms. The van der Waals surface area contributed by atoms with Gasteiger partial charge in [0.05, 0.1) is 11.3 Å². The summed E-state index contributed by atoms with van der Waals surface area (Å²) in [5.41, 5.74) is 4.75. The first-order chi connectivity index (χ1) is 13.1. The van der Waals surface area contributed by atoms with Crippen LogP contribution in [-0.4, -0.2) is 11.1 Å². The van der Waals surface area contributed by atoms with Gasteiger partial charge in [-0.05, 0) is 50.1 Å². The summed E-state index contributed by atoms with van der Waals surface area (Å²) in [7, 11) is 0. The second-order valence-corrected chi connectivity index (χ2v) is 7.51. The number of hydrogen-bond donors (Lipinski definition) is 1. The van der Waals surface area contributed by atoms with Crippen LogP contribution in [0, 0.1) is 13.8 Å². The third-order valence-corrected chi connectivity index (χ3v) is 5.54. The minimum absolute atomic E-state index is 0.0971. The fraction of sp³-hybridized carbons (Fsp3) is 0.273. The van der Waals surface area contributed by atoms with Crippen molar-refractivity contribution < 1.29 is 9.32 Å². The Hall–Kier alpha value is -2.53. The normalized spacial score (nSPS) is 10.8. The average molecular weight is 381 g/mol. The van der Waals surface area contributed by atoms with Crippen LogP contribution in [-0.2, 0) is 12.2 Å². The van der Waals surface area contributed by atoms with Gasteiger partial charge in [-0.1, -0.05) is 42.8 Å². The van der Waals surface area contributed by atoms with Crippen molar-refractivity contribution in [1.29, 1.82) is 0 Å². The highest BCUT2D eigenvalue weighted by Crippen LogP contribution is 2.29. The summed E-state index contributed by atoms with van der Waals surface area (Å²) >= 11 is 1.62. The molecule has 0 atom stereocenters. The summed E-state index contributed by atoms with van der Waals surface area (Å²) in [5, 5.41) is 7.00. The fourth-order valence-corrected chi connectivity index (χ4v) is 4.08. The molecule has 2 aromatic carbocycles. The summed E-state index contributed by atoms with van der Waals surface area (Å²) in [6, 6.07) is 15.7. The molecule has 0 aliphatic heterocycles. The molecule has 140 valence electrons. The Balaban J connectivity index is 1.71. The minimum atomic E-state index is -0.0971. The van der Waals surface area contributed by atoms with E-state index in [1.54, 1.807) is 11.8 Å². The SMILES string of the molecule is CCCc1ccc(NC(=O)c2ccccc2SCc2c(C)noc2C)cc1. The van der Waals surface area contributed by atoms with Crippen molar-refractivity contribution >= 4 is 23.4 Å². The number of nitrogens with zero attached hydrogens (tertiary/aromatic N) is 1. The maximum Gasteiger partial charge on any atom is 0.256 e. The molecule has 0 spiro atoms. The highest BCUT2D eigenvalue weighted by Gasteiger charge is 2.14. The van der Waals surface area contributed by atoms with Crippen molar-refractivity contribution in [3.63, 3.8) is 0 Å². The Kier molecular flexibility index (Phi) is 6.35. The van der Waals surface area contributed by atoms with Crippen LogP contribution in [0.15, 0.2) is 57.9 Å². The first-order valence-electron chi connectivity index (χ1n) is 9.12. The molecule has 3 aromatic rings. The van der Waals surface area contributed by atoms with E-state index in [1.165, 1.54) is 5.56 Å². The molecule has 1 aromatic heterocycles. The van der Waals surface area contributed by atoms with Crippen LogP contribution < -0.4 is 5.32 Å². The molecule has 3 rings (SSSR count). The standard InChI is InChI=1S/C22H24N2O2S/c1-4-7-17-10-12-18(13-11-17)23-22(25)19-8-5-6-9-21(19)27-14-20-15(2)24-26-16(20)3/h5-6,8-13H,4,7,14H2,1-3H3,(H,23,25). The van der Waals surface area contributed by atoms with Gasteiger partial charge in [0.2, 0.25) is 0 Å². The molecule has 0 fully saturated rings. The van der Waals surface area contributed by atoms with Gasteiger partial charge in [-0.25, -0.2) is 0 Å². The average Bonchev–Trinajstić information content (AvgIpc) is 3.00. The predicted molar refractivity (Wildman–Crippen MR) is 110 cm³/mol. The Morgan fingerprint density at radius 1 is 1.11 bits per heavy atom. The molecular weight excluding hydrogens is 356 g/mol. The summed E-state index contributed by atoms with van der Waals surface area (Å²) in [6.07, 6.45) is 2.16. The highest BCUT2D eigenvalue weighted by molar-refractivity contribution is 7.98. The van der Waals surface area contributed by atoms with Crippen molar-refractivity contribution in [3.05, 3.63) is 76.7 Å². The van der Waals surface area contributed by atoms with Crippen molar-refractivity contribution in [1.82, 2.24) is 5.16 Å². The van der Waals surface area contributed by atoms with E-state index < -0.39 is 0 Å². The van der Waals surface area contributed by atoms with Crippen LogP contribution in [0.5, 0.6) is 0 Å². The summed E-state index contributed by atoms with van der Waals surface area (Å²) in [4.78, 5) is 13.7. The van der Waals surface area contributed by atoms with Crippen molar-refractivity contribution in [3.8, 4) is 0 Å². The maximum atomic E-state index is 12.8. The number of amides is 1. The first-order valence-corrected chi connectivity index (χ1v) is 10.1. The lowest BCUT2D eigenvalue weighted by Crippen LogP contribution is -2.13. The van der Waals surface area contributed by atoms with Crippen LogP contribution in [0.1, 0.15) is 46.3 Å². The van der Waals surface area contributed by atoms with Crippen molar-refractivity contribution in [2.45, 2.75) is 44.3 Å². The fourth-order valence-electron chi connectivity index (χ4n) is 2.88. The van der Waals surface area contributed by atoms with Gasteiger partial charge in [-0.15, -0.1) is 11.8 Å². The number of thioether (sulfide) groups is 1. The molecule has 4 nitrogen and oxygen atoms in total. The van der Waals surface area contributed by atoms with Gasteiger partial charge in [0.15, 0.2) is 0 Å². The second kappa shape index (κ2) is 8.91. The number of benzene rings is 2. The van der Waals surface area contributed by atoms with Gasteiger partial charge in [0.25, 0.3) is 5.91 Å². The van der Waals surface area contributed by atoms with Gasteiger partial charge in [0.1, 0.15) is 5.76 Å². The number of rotatable bonds is 7. The molecule has 0 radical (unpaired) electrons. The molecule has 0 saturated heterocycles. The highest BCUT2D eigenvalue weighted by atomic mass is 32.2. The van der Waals surface area contributed by atoms with Gasteiger partial charge < -0.3 is 9.84 Å². The number of carbonyl (C=O) groups excluding carboxylic acids is 1. The Morgan fingerprint density at radius 2 is 1.85 bits per heavy atom. The van der Waals surface area contributed by atoms with Crippen molar-refractivity contribution in [2.24, 2.45) is 0 Å². The molecular formula is C22H24N2O2S. The lowest BCUT2D eigenvalue weighted by Gasteiger charge is -2.10. The number of nitrogens with one attached hydrogen (secondary N) is 1. The molecule has 0 bridgehead atoms. The molecule has 27 heavy (non-hydrogen) atoms. The zero-order valence-corrected chi connectivity index (χ0v) is 16.7. The van der Waals surface area contributed by atoms with E-state index in [0.717, 1.165) is 46.2 Å². The monoisotopic (exact) mass is 380 g/mol. The smallest absolute Gasteiger partial charge is 0.256 e. The van der Waals surface area contributed by atoms with Gasteiger partial charge in [-0.3, -0.25) is 4.79 Å². The predicted octanol–water partition coefficient (Wildman–Crippen LogP) is 5.79.